The molecule has 2 aliphatic heterocycles. The summed E-state index contributed by atoms with van der Waals surface area (Å²) in [5.41, 5.74) is 0. The fourth-order valence-electron chi connectivity index (χ4n) is 2.38. The number of hydrogen-bond donors (Lipinski definition) is 1. The SMILES string of the molecule is CC(C)C1NCC(=O)N1CC1CCOC1. The predicted molar refractivity (Wildman–Crippen MR) is 57.3 cm³/mol. The Hall–Kier alpha value is -0.610. The summed E-state index contributed by atoms with van der Waals surface area (Å²) in [5, 5.41) is 3.27. The van der Waals surface area contributed by atoms with Crippen LogP contribution in [-0.2, 0) is 9.53 Å². The van der Waals surface area contributed by atoms with Gasteiger partial charge < -0.3 is 9.64 Å². The summed E-state index contributed by atoms with van der Waals surface area (Å²) in [6.07, 6.45) is 1.31. The van der Waals surface area contributed by atoms with Gasteiger partial charge in [-0.15, -0.1) is 0 Å². The number of carbonyl (C=O) groups is 1. The molecule has 0 aromatic rings. The van der Waals surface area contributed by atoms with Crippen LogP contribution in [0.5, 0.6) is 0 Å². The molecule has 2 rings (SSSR count). The Bertz CT molecular complexity index is 237. The molecule has 0 radical (unpaired) electrons. The van der Waals surface area contributed by atoms with Crippen molar-refractivity contribution in [1.82, 2.24) is 10.2 Å². The highest BCUT2D eigenvalue weighted by molar-refractivity contribution is 5.80. The number of hydrogen-bond acceptors (Lipinski definition) is 3. The van der Waals surface area contributed by atoms with Crippen LogP contribution in [0.3, 0.4) is 0 Å². The topological polar surface area (TPSA) is 41.6 Å². The van der Waals surface area contributed by atoms with Crippen LogP contribution in [0, 0.1) is 11.8 Å². The van der Waals surface area contributed by atoms with E-state index in [1.165, 1.54) is 0 Å². The maximum absolute atomic E-state index is 11.7. The highest BCUT2D eigenvalue weighted by atomic mass is 16.5. The van der Waals surface area contributed by atoms with Crippen molar-refractivity contribution in [3.8, 4) is 0 Å². The van der Waals surface area contributed by atoms with Crippen LogP contribution in [0.1, 0.15) is 20.3 Å². The molecular formula is C11H20N2O2. The quantitative estimate of drug-likeness (QED) is 0.738. The first kappa shape index (κ1) is 10.9. The van der Waals surface area contributed by atoms with Crippen molar-refractivity contribution >= 4 is 5.91 Å². The van der Waals surface area contributed by atoms with E-state index in [4.69, 9.17) is 4.74 Å². The van der Waals surface area contributed by atoms with Gasteiger partial charge in [-0.25, -0.2) is 0 Å². The summed E-state index contributed by atoms with van der Waals surface area (Å²) in [4.78, 5) is 13.7. The van der Waals surface area contributed by atoms with Crippen LogP contribution in [0.2, 0.25) is 0 Å². The summed E-state index contributed by atoms with van der Waals surface area (Å²) < 4.78 is 5.34. The Kier molecular flexibility index (Phi) is 3.26. The Morgan fingerprint density at radius 2 is 2.40 bits per heavy atom. The molecule has 2 aliphatic rings. The average molecular weight is 212 g/mol. The lowest BCUT2D eigenvalue weighted by atomic mass is 10.1. The molecule has 0 spiro atoms. The molecule has 0 saturated carbocycles. The van der Waals surface area contributed by atoms with Crippen molar-refractivity contribution in [3.63, 3.8) is 0 Å². The molecule has 0 aliphatic carbocycles. The third kappa shape index (κ3) is 2.32. The number of ether oxygens (including phenoxy) is 1. The molecule has 4 nitrogen and oxygen atoms in total. The normalized spacial score (nSPS) is 31.9. The first-order valence-corrected chi connectivity index (χ1v) is 5.79. The Balaban J connectivity index is 1.94. The molecule has 2 unspecified atom stereocenters. The van der Waals surface area contributed by atoms with E-state index in [1.54, 1.807) is 0 Å². The molecule has 1 amide bonds. The third-order valence-electron chi connectivity index (χ3n) is 3.23. The first-order valence-electron chi connectivity index (χ1n) is 5.79. The molecular weight excluding hydrogens is 192 g/mol. The molecule has 0 bridgehead atoms. The van der Waals surface area contributed by atoms with Gasteiger partial charge in [0.25, 0.3) is 0 Å². The van der Waals surface area contributed by atoms with Gasteiger partial charge in [0.15, 0.2) is 0 Å². The largest absolute Gasteiger partial charge is 0.381 e. The van der Waals surface area contributed by atoms with Crippen LogP contribution in [0.25, 0.3) is 0 Å². The van der Waals surface area contributed by atoms with E-state index in [2.05, 4.69) is 19.2 Å². The summed E-state index contributed by atoms with van der Waals surface area (Å²) in [6, 6.07) is 0. The second-order valence-corrected chi connectivity index (χ2v) is 4.85. The Morgan fingerprint density at radius 3 is 3.00 bits per heavy atom. The molecule has 2 heterocycles. The minimum absolute atomic E-state index is 0.220. The zero-order chi connectivity index (χ0) is 10.8. The van der Waals surface area contributed by atoms with Crippen LogP contribution < -0.4 is 5.32 Å². The predicted octanol–water partition coefficient (Wildman–Crippen LogP) is 0.437. The van der Waals surface area contributed by atoms with Gasteiger partial charge in [0.2, 0.25) is 5.91 Å². The Labute approximate surface area is 91.0 Å². The summed E-state index contributed by atoms with van der Waals surface area (Å²) >= 11 is 0. The lowest BCUT2D eigenvalue weighted by molar-refractivity contribution is -0.129. The lowest BCUT2D eigenvalue weighted by Gasteiger charge is -2.29. The molecule has 2 atom stereocenters. The maximum Gasteiger partial charge on any atom is 0.237 e. The number of nitrogens with zero attached hydrogens (tertiary/aromatic N) is 1. The second-order valence-electron chi connectivity index (χ2n) is 4.85. The van der Waals surface area contributed by atoms with Gasteiger partial charge in [-0.2, -0.15) is 0 Å². The zero-order valence-corrected chi connectivity index (χ0v) is 9.53. The summed E-state index contributed by atoms with van der Waals surface area (Å²) in [5.74, 6) is 1.24. The van der Waals surface area contributed by atoms with Crippen LogP contribution in [0.4, 0.5) is 0 Å². The van der Waals surface area contributed by atoms with Gasteiger partial charge in [-0.3, -0.25) is 10.1 Å². The van der Waals surface area contributed by atoms with Gasteiger partial charge in [0.05, 0.1) is 19.3 Å². The van der Waals surface area contributed by atoms with Gasteiger partial charge in [-0.05, 0) is 12.3 Å². The summed E-state index contributed by atoms with van der Waals surface area (Å²) in [7, 11) is 0. The van der Waals surface area contributed by atoms with E-state index in [-0.39, 0.29) is 12.1 Å². The molecule has 2 fully saturated rings. The second kappa shape index (κ2) is 4.49. The van der Waals surface area contributed by atoms with Gasteiger partial charge in [-0.1, -0.05) is 13.8 Å². The summed E-state index contributed by atoms with van der Waals surface area (Å²) in [6.45, 7) is 7.31. The molecule has 4 heteroatoms. The molecule has 86 valence electrons. The third-order valence-corrected chi connectivity index (χ3v) is 3.23. The van der Waals surface area contributed by atoms with Crippen molar-refractivity contribution in [2.24, 2.45) is 11.8 Å². The molecule has 1 N–H and O–H groups in total. The smallest absolute Gasteiger partial charge is 0.237 e. The number of rotatable bonds is 3. The fraction of sp³-hybridized carbons (Fsp3) is 0.909. The molecule has 0 aromatic carbocycles. The molecule has 2 saturated heterocycles. The van der Waals surface area contributed by atoms with Crippen molar-refractivity contribution < 1.29 is 9.53 Å². The fourth-order valence-corrected chi connectivity index (χ4v) is 2.38. The van der Waals surface area contributed by atoms with Crippen molar-refractivity contribution in [3.05, 3.63) is 0 Å². The molecule has 0 aromatic heterocycles. The number of nitrogens with one attached hydrogen (secondary N) is 1. The van der Waals surface area contributed by atoms with Gasteiger partial charge >= 0.3 is 0 Å². The zero-order valence-electron chi connectivity index (χ0n) is 9.53. The first-order chi connectivity index (χ1) is 7.18. The maximum atomic E-state index is 11.7. The van der Waals surface area contributed by atoms with Gasteiger partial charge in [0.1, 0.15) is 0 Å². The van der Waals surface area contributed by atoms with Gasteiger partial charge in [0, 0.05) is 19.1 Å². The number of amides is 1. The van der Waals surface area contributed by atoms with Crippen molar-refractivity contribution in [1.29, 1.82) is 0 Å². The standard InChI is InChI=1S/C11H20N2O2/c1-8(2)11-12-5-10(14)13(11)6-9-3-4-15-7-9/h8-9,11-12H,3-7H2,1-2H3. The minimum Gasteiger partial charge on any atom is -0.381 e. The molecule has 15 heavy (non-hydrogen) atoms. The van der Waals surface area contributed by atoms with Crippen molar-refractivity contribution in [2.75, 3.05) is 26.3 Å². The van der Waals surface area contributed by atoms with Crippen molar-refractivity contribution in [2.45, 2.75) is 26.4 Å². The van der Waals surface area contributed by atoms with E-state index in [0.717, 1.165) is 26.2 Å². The van der Waals surface area contributed by atoms with E-state index in [9.17, 15) is 4.79 Å². The van der Waals surface area contributed by atoms with Crippen LogP contribution >= 0.6 is 0 Å². The monoisotopic (exact) mass is 212 g/mol. The van der Waals surface area contributed by atoms with E-state index in [0.29, 0.717) is 18.4 Å². The average Bonchev–Trinajstić information content (AvgIpc) is 2.78. The lowest BCUT2D eigenvalue weighted by Crippen LogP contribution is -2.43. The van der Waals surface area contributed by atoms with E-state index < -0.39 is 0 Å². The Morgan fingerprint density at radius 1 is 1.60 bits per heavy atom. The number of carbonyl (C=O) groups excluding carboxylic acids is 1. The highest BCUT2D eigenvalue weighted by Gasteiger charge is 2.34. The minimum atomic E-state index is 0.220. The highest BCUT2D eigenvalue weighted by Crippen LogP contribution is 2.19. The van der Waals surface area contributed by atoms with Crippen LogP contribution in [-0.4, -0.2) is 43.3 Å². The van der Waals surface area contributed by atoms with Crippen LogP contribution in [0.15, 0.2) is 0 Å². The van der Waals surface area contributed by atoms with E-state index >= 15 is 0 Å². The van der Waals surface area contributed by atoms with E-state index in [1.807, 2.05) is 4.90 Å².